The van der Waals surface area contributed by atoms with Crippen molar-refractivity contribution in [1.29, 1.82) is 0 Å². The van der Waals surface area contributed by atoms with E-state index in [0.29, 0.717) is 6.42 Å². The first-order valence-electron chi connectivity index (χ1n) is 8.22. The number of nitrogens with zero attached hydrogens (tertiary/aromatic N) is 1. The Labute approximate surface area is 147 Å². The maximum absolute atomic E-state index is 12.2. The van der Waals surface area contributed by atoms with E-state index in [2.05, 4.69) is 5.43 Å². The van der Waals surface area contributed by atoms with Crippen LogP contribution in [0.1, 0.15) is 32.3 Å². The Hall–Kier alpha value is -2.41. The SMILES string of the molecule is COCC(=O)N(NC(=O)CCc1ccccc1)C(CC(C)C)C(=O)O. The summed E-state index contributed by atoms with van der Waals surface area (Å²) in [4.78, 5) is 36.0. The fourth-order valence-electron chi connectivity index (χ4n) is 2.36. The summed E-state index contributed by atoms with van der Waals surface area (Å²) in [5, 5.41) is 10.3. The number of ether oxygens (including phenoxy) is 1. The third-order valence-electron chi connectivity index (χ3n) is 3.56. The summed E-state index contributed by atoms with van der Waals surface area (Å²) >= 11 is 0. The molecular weight excluding hydrogens is 324 g/mol. The van der Waals surface area contributed by atoms with Gasteiger partial charge in [-0.25, -0.2) is 9.80 Å². The van der Waals surface area contributed by atoms with Gasteiger partial charge < -0.3 is 9.84 Å². The predicted molar refractivity (Wildman–Crippen MR) is 92.5 cm³/mol. The number of nitrogens with one attached hydrogen (secondary N) is 1. The summed E-state index contributed by atoms with van der Waals surface area (Å²) in [5.41, 5.74) is 3.43. The molecule has 7 nitrogen and oxygen atoms in total. The first-order valence-corrected chi connectivity index (χ1v) is 8.22. The van der Waals surface area contributed by atoms with Crippen molar-refractivity contribution in [3.63, 3.8) is 0 Å². The third kappa shape index (κ3) is 7.34. The number of hydrogen-bond acceptors (Lipinski definition) is 4. The molecule has 0 aliphatic rings. The summed E-state index contributed by atoms with van der Waals surface area (Å²) in [5.74, 6) is -2.13. The van der Waals surface area contributed by atoms with E-state index in [4.69, 9.17) is 4.74 Å². The molecule has 0 radical (unpaired) electrons. The number of rotatable bonds is 9. The fourth-order valence-corrected chi connectivity index (χ4v) is 2.36. The zero-order valence-corrected chi connectivity index (χ0v) is 14.9. The number of methoxy groups -OCH3 is 1. The molecule has 0 aliphatic heterocycles. The molecule has 1 aromatic carbocycles. The average Bonchev–Trinajstić information content (AvgIpc) is 2.56. The highest BCUT2D eigenvalue weighted by Crippen LogP contribution is 2.12. The predicted octanol–water partition coefficient (Wildman–Crippen LogP) is 1.62. The van der Waals surface area contributed by atoms with E-state index in [9.17, 15) is 19.5 Å². The highest BCUT2D eigenvalue weighted by molar-refractivity contribution is 5.87. The lowest BCUT2D eigenvalue weighted by Crippen LogP contribution is -2.56. The Bertz CT molecular complexity index is 574. The normalized spacial score (nSPS) is 11.8. The van der Waals surface area contributed by atoms with Crippen LogP contribution in [0.5, 0.6) is 0 Å². The van der Waals surface area contributed by atoms with Gasteiger partial charge in [0.05, 0.1) is 0 Å². The molecule has 0 fully saturated rings. The summed E-state index contributed by atoms with van der Waals surface area (Å²) in [7, 11) is 1.34. The number of benzene rings is 1. The Balaban J connectivity index is 2.79. The number of carboxylic acid groups (broad SMARTS) is 1. The maximum Gasteiger partial charge on any atom is 0.328 e. The highest BCUT2D eigenvalue weighted by atomic mass is 16.5. The maximum atomic E-state index is 12.2. The molecular formula is C18H26N2O5. The van der Waals surface area contributed by atoms with Gasteiger partial charge in [0.2, 0.25) is 5.91 Å². The molecule has 7 heteroatoms. The Kier molecular flexibility index (Phi) is 8.63. The van der Waals surface area contributed by atoms with E-state index in [1.54, 1.807) is 0 Å². The van der Waals surface area contributed by atoms with Gasteiger partial charge in [-0.3, -0.25) is 15.0 Å². The molecule has 0 aliphatic carbocycles. The Morgan fingerprint density at radius 2 is 1.84 bits per heavy atom. The second-order valence-electron chi connectivity index (χ2n) is 6.20. The van der Waals surface area contributed by atoms with Crippen LogP contribution >= 0.6 is 0 Å². The number of hydrogen-bond donors (Lipinski definition) is 2. The monoisotopic (exact) mass is 350 g/mol. The van der Waals surface area contributed by atoms with Crippen molar-refractivity contribution in [3.05, 3.63) is 35.9 Å². The van der Waals surface area contributed by atoms with Gasteiger partial charge in [-0.2, -0.15) is 0 Å². The van der Waals surface area contributed by atoms with Crippen LogP contribution in [-0.2, 0) is 25.5 Å². The average molecular weight is 350 g/mol. The molecule has 2 N–H and O–H groups in total. The number of hydrazine groups is 1. The van der Waals surface area contributed by atoms with Crippen LogP contribution in [0.3, 0.4) is 0 Å². The van der Waals surface area contributed by atoms with Crippen LogP contribution in [0.2, 0.25) is 0 Å². The number of carbonyl (C=O) groups excluding carboxylic acids is 2. The van der Waals surface area contributed by atoms with Gasteiger partial charge in [-0.05, 0) is 24.3 Å². The van der Waals surface area contributed by atoms with E-state index in [1.165, 1.54) is 7.11 Å². The quantitative estimate of drug-likeness (QED) is 0.660. The van der Waals surface area contributed by atoms with Gasteiger partial charge in [-0.15, -0.1) is 0 Å². The topological polar surface area (TPSA) is 95.9 Å². The van der Waals surface area contributed by atoms with Crippen molar-refractivity contribution < 1.29 is 24.2 Å². The van der Waals surface area contributed by atoms with Gasteiger partial charge in [0.1, 0.15) is 6.61 Å². The van der Waals surface area contributed by atoms with Crippen LogP contribution < -0.4 is 5.43 Å². The zero-order chi connectivity index (χ0) is 18.8. The van der Waals surface area contributed by atoms with Crippen molar-refractivity contribution in [2.75, 3.05) is 13.7 Å². The standard InChI is InChI=1S/C18H26N2O5/c1-13(2)11-15(18(23)24)20(17(22)12-25-3)19-16(21)10-9-14-7-5-4-6-8-14/h4-8,13,15H,9-12H2,1-3H3,(H,19,21)(H,23,24). The zero-order valence-electron chi connectivity index (χ0n) is 14.9. The number of aliphatic carboxylic acids is 1. The first kappa shape index (κ1) is 20.6. The lowest BCUT2D eigenvalue weighted by Gasteiger charge is -2.30. The van der Waals surface area contributed by atoms with Crippen molar-refractivity contribution in [1.82, 2.24) is 10.4 Å². The molecule has 1 unspecified atom stereocenters. The minimum absolute atomic E-state index is 0.0418. The molecule has 0 bridgehead atoms. The van der Waals surface area contributed by atoms with Crippen LogP contribution in [0.25, 0.3) is 0 Å². The smallest absolute Gasteiger partial charge is 0.328 e. The molecule has 1 rings (SSSR count). The van der Waals surface area contributed by atoms with Gasteiger partial charge in [-0.1, -0.05) is 44.2 Å². The van der Waals surface area contributed by atoms with Crippen molar-refractivity contribution in [3.8, 4) is 0 Å². The minimum Gasteiger partial charge on any atom is -0.480 e. The van der Waals surface area contributed by atoms with Crippen molar-refractivity contribution in [2.24, 2.45) is 5.92 Å². The number of carbonyl (C=O) groups is 3. The van der Waals surface area contributed by atoms with Crippen molar-refractivity contribution in [2.45, 2.75) is 39.2 Å². The molecule has 0 spiro atoms. The highest BCUT2D eigenvalue weighted by Gasteiger charge is 2.31. The minimum atomic E-state index is -1.17. The molecule has 25 heavy (non-hydrogen) atoms. The van der Waals surface area contributed by atoms with Gasteiger partial charge in [0.15, 0.2) is 6.04 Å². The molecule has 0 saturated carbocycles. The molecule has 138 valence electrons. The Morgan fingerprint density at radius 3 is 2.36 bits per heavy atom. The molecule has 0 aromatic heterocycles. The fraction of sp³-hybridized carbons (Fsp3) is 0.500. The van der Waals surface area contributed by atoms with Crippen LogP contribution in [0, 0.1) is 5.92 Å². The molecule has 0 saturated heterocycles. The largest absolute Gasteiger partial charge is 0.480 e. The van der Waals surface area contributed by atoms with E-state index >= 15 is 0 Å². The van der Waals surface area contributed by atoms with Gasteiger partial charge >= 0.3 is 5.97 Å². The summed E-state index contributed by atoms with van der Waals surface area (Å²) in [6.45, 7) is 3.40. The van der Waals surface area contributed by atoms with Crippen LogP contribution in [-0.4, -0.2) is 47.7 Å². The number of aryl methyl sites for hydroxylation is 1. The van der Waals surface area contributed by atoms with Gasteiger partial charge in [0.25, 0.3) is 5.91 Å². The second-order valence-corrected chi connectivity index (χ2v) is 6.20. The molecule has 2 amide bonds. The van der Waals surface area contributed by atoms with Crippen LogP contribution in [0.15, 0.2) is 30.3 Å². The van der Waals surface area contributed by atoms with E-state index < -0.39 is 23.8 Å². The number of carboxylic acids is 1. The van der Waals surface area contributed by atoms with E-state index in [1.807, 2.05) is 44.2 Å². The van der Waals surface area contributed by atoms with Crippen LogP contribution in [0.4, 0.5) is 0 Å². The summed E-state index contributed by atoms with van der Waals surface area (Å²) in [6, 6.07) is 8.32. The van der Waals surface area contributed by atoms with E-state index in [-0.39, 0.29) is 25.4 Å². The lowest BCUT2D eigenvalue weighted by molar-refractivity contribution is -0.158. The molecule has 0 heterocycles. The van der Waals surface area contributed by atoms with E-state index in [0.717, 1.165) is 10.6 Å². The lowest BCUT2D eigenvalue weighted by atomic mass is 10.0. The molecule has 1 atom stereocenters. The third-order valence-corrected chi connectivity index (χ3v) is 3.56. The van der Waals surface area contributed by atoms with Crippen molar-refractivity contribution >= 4 is 17.8 Å². The second kappa shape index (κ2) is 10.5. The van der Waals surface area contributed by atoms with Gasteiger partial charge in [0, 0.05) is 13.5 Å². The summed E-state index contributed by atoms with van der Waals surface area (Å²) < 4.78 is 4.79. The number of amides is 2. The molecule has 1 aromatic rings. The Morgan fingerprint density at radius 1 is 1.20 bits per heavy atom. The summed E-state index contributed by atoms with van der Waals surface area (Å²) in [6.07, 6.45) is 0.874. The first-order chi connectivity index (χ1) is 11.8.